The van der Waals surface area contributed by atoms with E-state index in [1.807, 2.05) is 13.0 Å². The zero-order valence-electron chi connectivity index (χ0n) is 19.6. The average Bonchev–Trinajstić information content (AvgIpc) is 3.39. The molecule has 1 fully saturated rings. The van der Waals surface area contributed by atoms with E-state index in [9.17, 15) is 14.0 Å². The maximum atomic E-state index is 13.4. The molecule has 0 radical (unpaired) electrons. The number of nitrogens with one attached hydrogen (secondary N) is 3. The van der Waals surface area contributed by atoms with Crippen molar-refractivity contribution in [2.45, 2.75) is 26.3 Å². The number of nitrogens with zero attached hydrogens (tertiary/aromatic N) is 1. The van der Waals surface area contributed by atoms with Crippen molar-refractivity contribution < 1.29 is 18.7 Å². The van der Waals surface area contributed by atoms with Crippen LogP contribution in [0, 0.1) is 5.82 Å². The van der Waals surface area contributed by atoms with Crippen molar-refractivity contribution in [1.29, 1.82) is 0 Å². The lowest BCUT2D eigenvalue weighted by Gasteiger charge is -2.22. The summed E-state index contributed by atoms with van der Waals surface area (Å²) in [6.07, 6.45) is 2.15. The predicted molar refractivity (Wildman–Crippen MR) is 136 cm³/mol. The van der Waals surface area contributed by atoms with Crippen LogP contribution in [0.4, 0.5) is 26.2 Å². The number of hydrogen-bond donors (Lipinski definition) is 3. The average molecular weight is 477 g/mol. The molecule has 8 heteroatoms. The molecule has 1 saturated heterocycles. The first-order valence-electron chi connectivity index (χ1n) is 11.7. The van der Waals surface area contributed by atoms with E-state index in [-0.39, 0.29) is 18.3 Å². The fraction of sp³-hybridized carbons (Fsp3) is 0.259. The third-order valence-corrected chi connectivity index (χ3v) is 5.72. The van der Waals surface area contributed by atoms with Crippen LogP contribution in [-0.2, 0) is 6.54 Å². The molecule has 0 aromatic heterocycles. The van der Waals surface area contributed by atoms with Crippen LogP contribution >= 0.6 is 0 Å². The second-order valence-electron chi connectivity index (χ2n) is 8.28. The van der Waals surface area contributed by atoms with Gasteiger partial charge in [-0.15, -0.1) is 0 Å². The maximum absolute atomic E-state index is 13.4. The highest BCUT2D eigenvalue weighted by molar-refractivity contribution is 6.04. The summed E-state index contributed by atoms with van der Waals surface area (Å²) < 4.78 is 18.9. The van der Waals surface area contributed by atoms with Gasteiger partial charge in [-0.1, -0.05) is 12.1 Å². The zero-order chi connectivity index (χ0) is 24.6. The molecule has 3 aromatic carbocycles. The number of hydrogen-bond acceptors (Lipinski definition) is 4. The van der Waals surface area contributed by atoms with Gasteiger partial charge in [0, 0.05) is 30.9 Å². The van der Waals surface area contributed by atoms with Crippen LogP contribution in [0.5, 0.6) is 5.75 Å². The van der Waals surface area contributed by atoms with Gasteiger partial charge in [0.05, 0.1) is 18.0 Å². The number of rotatable bonds is 8. The molecule has 1 aliphatic rings. The van der Waals surface area contributed by atoms with Gasteiger partial charge in [-0.25, -0.2) is 9.18 Å². The second-order valence-corrected chi connectivity index (χ2v) is 8.28. The van der Waals surface area contributed by atoms with Gasteiger partial charge in [0.25, 0.3) is 5.91 Å². The number of halogens is 1. The van der Waals surface area contributed by atoms with Crippen molar-refractivity contribution in [1.82, 2.24) is 5.32 Å². The van der Waals surface area contributed by atoms with E-state index in [0.717, 1.165) is 37.4 Å². The van der Waals surface area contributed by atoms with Gasteiger partial charge in [-0.2, -0.15) is 0 Å². The lowest BCUT2D eigenvalue weighted by Crippen LogP contribution is -2.26. The van der Waals surface area contributed by atoms with Crippen molar-refractivity contribution in [2.24, 2.45) is 0 Å². The Kier molecular flexibility index (Phi) is 7.82. The fourth-order valence-electron chi connectivity index (χ4n) is 4.03. The number of carbonyl (C=O) groups excluding carboxylic acids is 2. The highest BCUT2D eigenvalue weighted by Crippen LogP contribution is 2.30. The quantitative estimate of drug-likeness (QED) is 0.407. The molecule has 182 valence electrons. The normalized spacial score (nSPS) is 12.8. The Labute approximate surface area is 204 Å². The lowest BCUT2D eigenvalue weighted by molar-refractivity contribution is 0.0951. The molecule has 1 aliphatic heterocycles. The first-order chi connectivity index (χ1) is 17.0. The number of benzene rings is 3. The van der Waals surface area contributed by atoms with Gasteiger partial charge in [-0.3, -0.25) is 4.79 Å². The predicted octanol–water partition coefficient (Wildman–Crippen LogP) is 5.40. The summed E-state index contributed by atoms with van der Waals surface area (Å²) in [6.45, 7) is 4.46. The van der Waals surface area contributed by atoms with Gasteiger partial charge in [0.15, 0.2) is 0 Å². The third-order valence-electron chi connectivity index (χ3n) is 5.72. The Balaban J connectivity index is 1.47. The van der Waals surface area contributed by atoms with E-state index in [2.05, 4.69) is 20.9 Å². The molecule has 0 saturated carbocycles. The molecule has 0 bridgehead atoms. The lowest BCUT2D eigenvalue weighted by atomic mass is 10.1. The smallest absolute Gasteiger partial charge is 0.323 e. The molecule has 35 heavy (non-hydrogen) atoms. The van der Waals surface area contributed by atoms with E-state index in [1.54, 1.807) is 48.5 Å². The van der Waals surface area contributed by atoms with E-state index >= 15 is 0 Å². The van der Waals surface area contributed by atoms with Gasteiger partial charge >= 0.3 is 6.03 Å². The number of ether oxygens (including phenoxy) is 1. The van der Waals surface area contributed by atoms with Crippen LogP contribution in [0.25, 0.3) is 0 Å². The van der Waals surface area contributed by atoms with Crippen molar-refractivity contribution in [3.8, 4) is 5.75 Å². The molecule has 0 unspecified atom stereocenters. The zero-order valence-corrected chi connectivity index (χ0v) is 19.6. The molecule has 4 rings (SSSR count). The topological polar surface area (TPSA) is 82.7 Å². The summed E-state index contributed by atoms with van der Waals surface area (Å²) in [5.41, 5.74) is 3.11. The Morgan fingerprint density at radius 1 is 0.971 bits per heavy atom. The molecule has 3 N–H and O–H groups in total. The number of urea groups is 1. The highest BCUT2D eigenvalue weighted by atomic mass is 19.1. The van der Waals surface area contributed by atoms with Crippen molar-refractivity contribution >= 4 is 29.0 Å². The minimum absolute atomic E-state index is 0.200. The summed E-state index contributed by atoms with van der Waals surface area (Å²) in [4.78, 5) is 27.8. The van der Waals surface area contributed by atoms with Crippen LogP contribution in [0.2, 0.25) is 0 Å². The van der Waals surface area contributed by atoms with Crippen molar-refractivity contribution in [3.05, 3.63) is 83.7 Å². The van der Waals surface area contributed by atoms with Gasteiger partial charge in [0.1, 0.15) is 11.6 Å². The minimum atomic E-state index is -0.410. The largest absolute Gasteiger partial charge is 0.494 e. The standard InChI is InChI=1S/C27H29FN4O3/c1-2-35-23-11-9-22(10-12-23)30-27(34)31-24-17-20(8-13-25(24)32-14-3-4-15-32)26(33)29-18-19-6-5-7-21(28)16-19/h5-13,16-17H,2-4,14-15,18H2,1H3,(H,29,33)(H2,30,31,34). The Hall–Kier alpha value is -4.07. The Morgan fingerprint density at radius 3 is 2.46 bits per heavy atom. The van der Waals surface area contributed by atoms with E-state index in [1.165, 1.54) is 12.1 Å². The van der Waals surface area contributed by atoms with Crippen LogP contribution < -0.4 is 25.6 Å². The van der Waals surface area contributed by atoms with E-state index < -0.39 is 6.03 Å². The van der Waals surface area contributed by atoms with Crippen LogP contribution in [-0.4, -0.2) is 31.6 Å². The van der Waals surface area contributed by atoms with Gasteiger partial charge < -0.3 is 25.6 Å². The first kappa shape index (κ1) is 24.1. The number of amides is 3. The molecule has 7 nitrogen and oxygen atoms in total. The van der Waals surface area contributed by atoms with Crippen LogP contribution in [0.3, 0.4) is 0 Å². The molecule has 3 amide bonds. The summed E-state index contributed by atoms with van der Waals surface area (Å²) in [7, 11) is 0. The maximum Gasteiger partial charge on any atom is 0.323 e. The van der Waals surface area contributed by atoms with Crippen molar-refractivity contribution in [2.75, 3.05) is 35.2 Å². The summed E-state index contributed by atoms with van der Waals surface area (Å²) in [6, 6.07) is 18.1. The second kappa shape index (κ2) is 11.4. The number of anilines is 3. The van der Waals surface area contributed by atoms with E-state index in [4.69, 9.17) is 4.74 Å². The molecule has 0 aliphatic carbocycles. The van der Waals surface area contributed by atoms with Crippen LogP contribution in [0.15, 0.2) is 66.7 Å². The molecule has 3 aromatic rings. The van der Waals surface area contributed by atoms with E-state index in [0.29, 0.717) is 29.1 Å². The SMILES string of the molecule is CCOc1ccc(NC(=O)Nc2cc(C(=O)NCc3cccc(F)c3)ccc2N2CCCC2)cc1. The summed E-state index contributed by atoms with van der Waals surface area (Å²) in [5, 5.41) is 8.53. The number of carbonyl (C=O) groups is 2. The molecule has 0 atom stereocenters. The molecule has 1 heterocycles. The van der Waals surface area contributed by atoms with Gasteiger partial charge in [0.2, 0.25) is 0 Å². The third kappa shape index (κ3) is 6.50. The highest BCUT2D eigenvalue weighted by Gasteiger charge is 2.19. The van der Waals surface area contributed by atoms with Crippen LogP contribution in [0.1, 0.15) is 35.7 Å². The van der Waals surface area contributed by atoms with Gasteiger partial charge in [-0.05, 0) is 79.9 Å². The molecular weight excluding hydrogens is 447 g/mol. The summed E-state index contributed by atoms with van der Waals surface area (Å²) >= 11 is 0. The fourth-order valence-corrected chi connectivity index (χ4v) is 4.03. The Bertz CT molecular complexity index is 1180. The molecular formula is C27H29FN4O3. The monoisotopic (exact) mass is 476 g/mol. The summed E-state index contributed by atoms with van der Waals surface area (Å²) in [5.74, 6) is 0.0701. The minimum Gasteiger partial charge on any atom is -0.494 e. The molecule has 0 spiro atoms. The Morgan fingerprint density at radius 2 is 1.74 bits per heavy atom. The first-order valence-corrected chi connectivity index (χ1v) is 11.7. The van der Waals surface area contributed by atoms with Crippen molar-refractivity contribution in [3.63, 3.8) is 0 Å².